The summed E-state index contributed by atoms with van der Waals surface area (Å²) in [5.41, 5.74) is 7.62. The van der Waals surface area contributed by atoms with E-state index in [9.17, 15) is 0 Å². The van der Waals surface area contributed by atoms with Crippen LogP contribution < -0.4 is 0 Å². The minimum absolute atomic E-state index is 0. The quantitative estimate of drug-likeness (QED) is 0.112. The van der Waals surface area contributed by atoms with Crippen LogP contribution >= 0.6 is 35.5 Å². The summed E-state index contributed by atoms with van der Waals surface area (Å²) in [6.07, 6.45) is 51.5. The molecule has 0 aliphatic heterocycles. The van der Waals surface area contributed by atoms with E-state index in [1.807, 2.05) is 6.26 Å². The molecular weight excluding hydrogens is 765 g/mol. The second-order valence-electron chi connectivity index (χ2n) is 18.3. The van der Waals surface area contributed by atoms with Crippen LogP contribution in [0.4, 0.5) is 0 Å². The van der Waals surface area contributed by atoms with E-state index in [2.05, 4.69) is 46.0 Å². The van der Waals surface area contributed by atoms with E-state index in [4.69, 9.17) is 0 Å². The molecule has 2 unspecified atom stereocenters. The normalized spacial score (nSPS) is 24.2. The third-order valence-corrected chi connectivity index (χ3v) is 29.4. The maximum atomic E-state index is 4.56. The first-order chi connectivity index (χ1) is 23.8. The smallest absolute Gasteiger partial charge is 0.804 e. The molecule has 7 heteroatoms. The summed E-state index contributed by atoms with van der Waals surface area (Å²) in [7, 11) is -0.913. The monoisotopic (exact) mass is 848 g/mol. The second-order valence-corrected chi connectivity index (χ2v) is 30.7. The van der Waals surface area contributed by atoms with Gasteiger partial charge in [0.15, 0.2) is 0 Å². The Morgan fingerprint density at radius 3 is 1.14 bits per heavy atom. The maximum absolute atomic E-state index is 4.56. The third kappa shape index (κ3) is 16.4. The van der Waals surface area contributed by atoms with Crippen LogP contribution in [0.2, 0.25) is 0 Å². The molecule has 0 bridgehead atoms. The molecule has 0 aromatic rings. The van der Waals surface area contributed by atoms with Gasteiger partial charge in [0.1, 0.15) is 0 Å². The molecule has 5 aliphatic rings. The summed E-state index contributed by atoms with van der Waals surface area (Å²) in [4.78, 5) is 0. The van der Waals surface area contributed by atoms with Gasteiger partial charge in [-0.25, -0.2) is 15.7 Å². The summed E-state index contributed by atoms with van der Waals surface area (Å²) >= 11 is 10.6. The van der Waals surface area contributed by atoms with Crippen LogP contribution in [0.1, 0.15) is 201 Å². The minimum atomic E-state index is -0.329. The first-order valence-electron chi connectivity index (χ1n) is 22.2. The zero-order chi connectivity index (χ0) is 34.9. The fourth-order valence-electron chi connectivity index (χ4n) is 11.7. The number of hydrogen-bond acceptors (Lipinski definition) is 3. The van der Waals surface area contributed by atoms with Crippen LogP contribution in [0.15, 0.2) is 0 Å². The summed E-state index contributed by atoms with van der Waals surface area (Å²) < 4.78 is -0.0324. The van der Waals surface area contributed by atoms with Gasteiger partial charge in [0.2, 0.25) is 0 Å². The summed E-state index contributed by atoms with van der Waals surface area (Å²) in [5.74, 6) is 0. The Morgan fingerprint density at radius 2 is 0.860 bits per heavy atom. The molecule has 0 nitrogen and oxygen atoms in total. The van der Waals surface area contributed by atoms with Crippen LogP contribution in [0.5, 0.6) is 0 Å². The van der Waals surface area contributed by atoms with Gasteiger partial charge in [0, 0.05) is 23.8 Å². The first kappa shape index (κ1) is 47.2. The average molecular weight is 849 g/mol. The molecule has 2 atom stereocenters. The van der Waals surface area contributed by atoms with Gasteiger partial charge < -0.3 is 25.3 Å². The first-order valence-corrected chi connectivity index (χ1v) is 30.1. The van der Waals surface area contributed by atoms with E-state index in [0.717, 1.165) is 11.3 Å². The molecule has 1 radical (unpaired) electrons. The largest absolute Gasteiger partial charge is 2.00 e. The summed E-state index contributed by atoms with van der Waals surface area (Å²) in [6, 6.07) is 0. The molecule has 0 aromatic carbocycles. The van der Waals surface area contributed by atoms with Gasteiger partial charge in [-0.1, -0.05) is 45.4 Å². The van der Waals surface area contributed by atoms with E-state index in [1.165, 1.54) is 47.2 Å². The SMILES string of the molecule is CCCCC(C)[PH+](CC(C)(C[PH+](C1CCCCC1)C1CCCCC1)C[PH+](C1CCCCC1)C1CCCCC1)C1CCCCC1.CSC([S-])[S-].[Co+2]. The Kier molecular flexibility index (Phi) is 25.2. The number of hydrogen-bond donors (Lipinski definition) is 0. The fraction of sp³-hybridized carbons (Fsp3) is 1.00. The van der Waals surface area contributed by atoms with Crippen LogP contribution in [-0.4, -0.2) is 62.6 Å². The Bertz CT molecular complexity index is 755. The molecule has 0 heterocycles. The van der Waals surface area contributed by atoms with Crippen molar-refractivity contribution >= 4 is 60.8 Å². The molecule has 5 rings (SSSR count). The Hall–Kier alpha value is 2.85. The number of thioether (sulfide) groups is 1. The van der Waals surface area contributed by atoms with E-state index in [0.29, 0.717) is 5.41 Å². The van der Waals surface area contributed by atoms with Gasteiger partial charge in [-0.15, -0.1) is 0 Å². The van der Waals surface area contributed by atoms with Gasteiger partial charge in [0.25, 0.3) is 0 Å². The van der Waals surface area contributed by atoms with Crippen molar-refractivity contribution in [3.8, 4) is 0 Å². The van der Waals surface area contributed by atoms with Crippen molar-refractivity contribution in [3.05, 3.63) is 0 Å². The van der Waals surface area contributed by atoms with Crippen molar-refractivity contribution in [2.75, 3.05) is 24.7 Å². The molecule has 0 aromatic heterocycles. The summed E-state index contributed by atoms with van der Waals surface area (Å²) in [5, 5.41) is 0. The molecule has 0 amide bonds. The molecule has 295 valence electrons. The standard InChI is InChI=1S/C41H77P3.C2H6S3.Co/c1-4-5-21-35(2)42(36-22-11-6-12-23-36)32-41(3,33-43(37-24-13-7-14-25-37)38-26-15-8-16-27-38)34-44(39-28-17-9-18-29-39)40-30-19-10-20-31-40;1-5-2(3)4;/h35-40H,4-34H2,1-3H3;2-4H,1H3;/q;;+2/p+1. The predicted octanol–water partition coefficient (Wildman–Crippen LogP) is 14.6. The molecule has 5 fully saturated rings. The van der Waals surface area contributed by atoms with Gasteiger partial charge in [0.05, 0.1) is 57.9 Å². The van der Waals surface area contributed by atoms with Crippen LogP contribution in [0.25, 0.3) is 0 Å². The van der Waals surface area contributed by atoms with Crippen molar-refractivity contribution in [2.24, 2.45) is 5.41 Å². The Morgan fingerprint density at radius 1 is 0.560 bits per heavy atom. The number of unbranched alkanes of at least 4 members (excludes halogenated alkanes) is 1. The topological polar surface area (TPSA) is 0 Å². The molecule has 5 saturated carbocycles. The molecule has 50 heavy (non-hydrogen) atoms. The van der Waals surface area contributed by atoms with Crippen LogP contribution in [0.3, 0.4) is 0 Å². The van der Waals surface area contributed by atoms with Gasteiger partial charge >= 0.3 is 16.8 Å². The third-order valence-electron chi connectivity index (χ3n) is 14.4. The van der Waals surface area contributed by atoms with Crippen molar-refractivity contribution in [3.63, 3.8) is 0 Å². The Balaban J connectivity index is 0.00000105. The fourth-order valence-corrected chi connectivity index (χ4v) is 26.4. The second kappa shape index (κ2) is 26.7. The molecule has 0 N–H and O–H groups in total. The van der Waals surface area contributed by atoms with E-state index < -0.39 is 0 Å². The number of rotatable bonds is 16. The molecule has 5 aliphatic carbocycles. The maximum Gasteiger partial charge on any atom is 2.00 e. The van der Waals surface area contributed by atoms with Crippen LogP contribution in [0, 0.1) is 5.41 Å². The zero-order valence-corrected chi connectivity index (χ0v) is 40.0. The predicted molar refractivity (Wildman–Crippen MR) is 243 cm³/mol. The van der Waals surface area contributed by atoms with E-state index in [1.54, 1.807) is 185 Å². The van der Waals surface area contributed by atoms with Crippen molar-refractivity contribution < 1.29 is 16.8 Å². The van der Waals surface area contributed by atoms with Crippen molar-refractivity contribution in [1.29, 1.82) is 0 Å². The van der Waals surface area contributed by atoms with Gasteiger partial charge in [-0.2, -0.15) is 0 Å². The van der Waals surface area contributed by atoms with Gasteiger partial charge in [-0.3, -0.25) is 0 Å². The summed E-state index contributed by atoms with van der Waals surface area (Å²) in [6.45, 7) is 8.27. The van der Waals surface area contributed by atoms with E-state index >= 15 is 0 Å². The van der Waals surface area contributed by atoms with Crippen LogP contribution in [-0.2, 0) is 42.0 Å². The van der Waals surface area contributed by atoms with Crippen molar-refractivity contribution in [2.45, 2.75) is 238 Å². The minimum Gasteiger partial charge on any atom is -0.804 e. The molecule has 0 saturated heterocycles. The average Bonchev–Trinajstić information content (AvgIpc) is 3.16. The van der Waals surface area contributed by atoms with E-state index in [-0.39, 0.29) is 44.5 Å². The molecular formula is C43H84CoP3S3+3. The molecule has 0 spiro atoms. The Labute approximate surface area is 343 Å². The zero-order valence-electron chi connectivity index (χ0n) is 33.5. The van der Waals surface area contributed by atoms with Crippen molar-refractivity contribution in [1.82, 2.24) is 0 Å². The van der Waals surface area contributed by atoms with Gasteiger partial charge in [-0.05, 0) is 161 Å².